The van der Waals surface area contributed by atoms with E-state index in [-0.39, 0.29) is 0 Å². The van der Waals surface area contributed by atoms with Crippen molar-refractivity contribution in [3.63, 3.8) is 0 Å². The fraction of sp³-hybridized carbons (Fsp3) is 0.913. The Morgan fingerprint density at radius 3 is 2.56 bits per heavy atom. The third kappa shape index (κ3) is 2.53. The van der Waals surface area contributed by atoms with Gasteiger partial charge in [-0.1, -0.05) is 26.2 Å². The second kappa shape index (κ2) is 6.00. The van der Waals surface area contributed by atoms with Crippen LogP contribution in [0.2, 0.25) is 0 Å². The number of rotatable bonds is 2. The van der Waals surface area contributed by atoms with Crippen molar-refractivity contribution in [1.82, 2.24) is 0 Å². The molecular formula is C23H36O2. The summed E-state index contributed by atoms with van der Waals surface area (Å²) in [5.41, 5.74) is 0.202. The molecule has 4 aliphatic carbocycles. The highest BCUT2D eigenvalue weighted by Gasteiger charge is 2.60. The monoisotopic (exact) mass is 344 g/mol. The van der Waals surface area contributed by atoms with Gasteiger partial charge < -0.3 is 9.84 Å². The van der Waals surface area contributed by atoms with Gasteiger partial charge in [-0.3, -0.25) is 0 Å². The van der Waals surface area contributed by atoms with E-state index in [1.54, 1.807) is 7.11 Å². The highest BCUT2D eigenvalue weighted by molar-refractivity contribution is 5.14. The van der Waals surface area contributed by atoms with Crippen LogP contribution < -0.4 is 0 Å². The predicted molar refractivity (Wildman–Crippen MR) is 101 cm³/mol. The summed E-state index contributed by atoms with van der Waals surface area (Å²) in [4.78, 5) is 0. The molecule has 0 heterocycles. The molecule has 0 aliphatic heterocycles. The molecule has 0 amide bonds. The zero-order chi connectivity index (χ0) is 17.9. The maximum Gasteiger partial charge on any atom is 0.146 e. The number of fused-ring (bicyclic) bond motifs is 5. The van der Waals surface area contributed by atoms with Crippen LogP contribution in [-0.4, -0.2) is 23.9 Å². The molecule has 0 saturated heterocycles. The quantitative estimate of drug-likeness (QED) is 0.729. The van der Waals surface area contributed by atoms with E-state index in [1.165, 1.54) is 44.9 Å². The van der Waals surface area contributed by atoms with Gasteiger partial charge in [0.2, 0.25) is 0 Å². The lowest BCUT2D eigenvalue weighted by molar-refractivity contribution is -0.171. The van der Waals surface area contributed by atoms with Crippen LogP contribution >= 0.6 is 0 Å². The minimum atomic E-state index is -0.822. The summed E-state index contributed by atoms with van der Waals surface area (Å²) in [5.74, 6) is 6.04. The zero-order valence-corrected chi connectivity index (χ0v) is 16.4. The van der Waals surface area contributed by atoms with Crippen molar-refractivity contribution < 1.29 is 9.84 Å². The third-order valence-electron chi connectivity index (χ3n) is 9.42. The summed E-state index contributed by atoms with van der Waals surface area (Å²) in [6.07, 6.45) is 17.8. The Kier molecular flexibility index (Phi) is 4.29. The maximum absolute atomic E-state index is 11.2. The zero-order valence-electron chi connectivity index (χ0n) is 16.4. The van der Waals surface area contributed by atoms with E-state index in [4.69, 9.17) is 11.2 Å². The molecule has 0 spiro atoms. The minimum Gasteiger partial charge on any atom is -0.386 e. The Hall–Kier alpha value is -0.520. The Labute approximate surface area is 154 Å². The summed E-state index contributed by atoms with van der Waals surface area (Å²) in [5, 5.41) is 11.2. The number of methoxy groups -OCH3 is 1. The largest absolute Gasteiger partial charge is 0.386 e. The topological polar surface area (TPSA) is 29.5 Å². The Morgan fingerprint density at radius 1 is 1.04 bits per heavy atom. The molecule has 1 N–H and O–H groups in total. The number of terminal acetylenes is 1. The lowest BCUT2D eigenvalue weighted by Gasteiger charge is -2.62. The van der Waals surface area contributed by atoms with Gasteiger partial charge in [0.05, 0.1) is 0 Å². The fourth-order valence-electron chi connectivity index (χ4n) is 7.95. The van der Waals surface area contributed by atoms with Crippen molar-refractivity contribution >= 4 is 0 Å². The van der Waals surface area contributed by atoms with Crippen LogP contribution in [0.3, 0.4) is 0 Å². The van der Waals surface area contributed by atoms with E-state index >= 15 is 0 Å². The van der Waals surface area contributed by atoms with Crippen molar-refractivity contribution in [3.8, 4) is 12.3 Å². The molecule has 4 fully saturated rings. The number of hydrogen-bond donors (Lipinski definition) is 1. The van der Waals surface area contributed by atoms with E-state index in [1.807, 2.05) is 0 Å². The van der Waals surface area contributed by atoms with Gasteiger partial charge >= 0.3 is 0 Å². The Morgan fingerprint density at radius 2 is 1.84 bits per heavy atom. The summed E-state index contributed by atoms with van der Waals surface area (Å²) < 4.78 is 5.45. The predicted octanol–water partition coefficient (Wildman–Crippen LogP) is 4.80. The Bertz CT molecular complexity index is 565. The normalized spacial score (nSPS) is 53.2. The molecule has 0 aromatic rings. The summed E-state index contributed by atoms with van der Waals surface area (Å²) in [6, 6.07) is 0. The van der Waals surface area contributed by atoms with Gasteiger partial charge in [0.25, 0.3) is 0 Å². The van der Waals surface area contributed by atoms with E-state index < -0.39 is 11.7 Å². The van der Waals surface area contributed by atoms with Crippen LogP contribution in [0.5, 0.6) is 0 Å². The molecule has 4 rings (SSSR count). The first-order valence-electron chi connectivity index (χ1n) is 10.6. The van der Waals surface area contributed by atoms with Gasteiger partial charge in [-0.05, 0) is 92.3 Å². The van der Waals surface area contributed by atoms with Crippen LogP contribution in [0.4, 0.5) is 0 Å². The van der Waals surface area contributed by atoms with Gasteiger partial charge in [-0.2, -0.15) is 0 Å². The molecule has 0 bridgehead atoms. The highest BCUT2D eigenvalue weighted by atomic mass is 16.5. The van der Waals surface area contributed by atoms with Crippen LogP contribution in [0, 0.1) is 46.8 Å². The molecule has 2 nitrogen and oxygen atoms in total. The number of ether oxygens (including phenoxy) is 1. The SMILES string of the molecule is C#CC(OC)C1(O)CC[C@@]2(C)C(CC[C@@H]3[C@H]2CC[C@]2(C)CCC[C@@H]32)C1. The molecule has 0 aromatic carbocycles. The van der Waals surface area contributed by atoms with Gasteiger partial charge in [0.1, 0.15) is 11.7 Å². The lowest BCUT2D eigenvalue weighted by Crippen LogP contribution is -2.57. The molecule has 4 saturated carbocycles. The first-order chi connectivity index (χ1) is 11.9. The van der Waals surface area contributed by atoms with Crippen LogP contribution in [0.25, 0.3) is 0 Å². The molecule has 2 heteroatoms. The van der Waals surface area contributed by atoms with Gasteiger partial charge in [-0.15, -0.1) is 6.42 Å². The third-order valence-corrected chi connectivity index (χ3v) is 9.42. The molecule has 3 unspecified atom stereocenters. The average molecular weight is 345 g/mol. The van der Waals surface area contributed by atoms with E-state index in [2.05, 4.69) is 19.8 Å². The van der Waals surface area contributed by atoms with Crippen LogP contribution in [0.15, 0.2) is 0 Å². The molecule has 140 valence electrons. The van der Waals surface area contributed by atoms with E-state index in [0.717, 1.165) is 37.0 Å². The smallest absolute Gasteiger partial charge is 0.146 e. The molecule has 0 radical (unpaired) electrons. The van der Waals surface area contributed by atoms with E-state index in [0.29, 0.717) is 16.7 Å². The first kappa shape index (κ1) is 17.9. The van der Waals surface area contributed by atoms with Gasteiger partial charge in [0.15, 0.2) is 0 Å². The van der Waals surface area contributed by atoms with Crippen molar-refractivity contribution in [2.24, 2.45) is 34.5 Å². The summed E-state index contributed by atoms with van der Waals surface area (Å²) >= 11 is 0. The van der Waals surface area contributed by atoms with Gasteiger partial charge in [0, 0.05) is 7.11 Å². The van der Waals surface area contributed by atoms with Crippen molar-refractivity contribution in [2.75, 3.05) is 7.11 Å². The summed E-state index contributed by atoms with van der Waals surface area (Å²) in [6.45, 7) is 5.12. The highest BCUT2D eigenvalue weighted by Crippen LogP contribution is 2.67. The standard InChI is InChI=1S/C23H36O2/c1-5-20(25-4)23(24)14-13-22(3)16(15-23)8-9-17-18-7-6-11-21(18,2)12-10-19(17)22/h1,16-20,24H,6-15H2,2-4H3/t16?,17-,18-,19+,20?,21-,22-,23?/m0/s1. The maximum atomic E-state index is 11.2. The van der Waals surface area contributed by atoms with Crippen LogP contribution in [0.1, 0.15) is 78.1 Å². The first-order valence-corrected chi connectivity index (χ1v) is 10.6. The molecule has 4 aliphatic rings. The molecule has 0 aromatic heterocycles. The van der Waals surface area contributed by atoms with Crippen molar-refractivity contribution in [2.45, 2.75) is 89.8 Å². The minimum absolute atomic E-state index is 0.395. The second-order valence-electron chi connectivity index (χ2n) is 10.3. The van der Waals surface area contributed by atoms with Crippen molar-refractivity contribution in [1.29, 1.82) is 0 Å². The summed E-state index contributed by atoms with van der Waals surface area (Å²) in [7, 11) is 1.63. The molecular weight excluding hydrogens is 308 g/mol. The van der Waals surface area contributed by atoms with Gasteiger partial charge in [-0.25, -0.2) is 0 Å². The van der Waals surface area contributed by atoms with Crippen molar-refractivity contribution in [3.05, 3.63) is 0 Å². The number of hydrogen-bond acceptors (Lipinski definition) is 2. The fourth-order valence-corrected chi connectivity index (χ4v) is 7.95. The number of aliphatic hydroxyl groups is 1. The second-order valence-corrected chi connectivity index (χ2v) is 10.3. The molecule has 25 heavy (non-hydrogen) atoms. The molecule has 8 atom stereocenters. The van der Waals surface area contributed by atoms with Crippen LogP contribution in [-0.2, 0) is 4.74 Å². The Balaban J connectivity index is 1.57. The average Bonchev–Trinajstić information content (AvgIpc) is 2.98. The lowest BCUT2D eigenvalue weighted by atomic mass is 9.44. The van der Waals surface area contributed by atoms with E-state index in [9.17, 15) is 5.11 Å².